The molecule has 0 spiro atoms. The molecule has 9 rings (SSSR count). The first-order valence-corrected chi connectivity index (χ1v) is 16.5. The van der Waals surface area contributed by atoms with E-state index < -0.39 is 0 Å². The van der Waals surface area contributed by atoms with Gasteiger partial charge in [-0.1, -0.05) is 74.3 Å². The molecule has 1 amide bonds. The number of H-pyrrole nitrogens is 1. The molecule has 2 heterocycles. The maximum atomic E-state index is 14.7. The van der Waals surface area contributed by atoms with Gasteiger partial charge < -0.3 is 4.98 Å². The lowest BCUT2D eigenvalue weighted by atomic mass is 9.49. The summed E-state index contributed by atoms with van der Waals surface area (Å²) in [6.45, 7) is 0. The molecule has 0 unspecified atom stereocenters. The van der Waals surface area contributed by atoms with Gasteiger partial charge in [0.1, 0.15) is 0 Å². The molecule has 212 valence electrons. The number of hydrogen-bond acceptors (Lipinski definition) is 3. The third kappa shape index (κ3) is 4.34. The number of hydrogen-bond donors (Lipinski definition) is 1. The summed E-state index contributed by atoms with van der Waals surface area (Å²) in [6.07, 6.45) is 7.26. The Kier molecular flexibility index (Phi) is 6.34. The van der Waals surface area contributed by atoms with Crippen molar-refractivity contribution >= 4 is 54.4 Å². The maximum absolute atomic E-state index is 14.7. The summed E-state index contributed by atoms with van der Waals surface area (Å²) in [7, 11) is 0. The molecule has 5 nitrogen and oxygen atoms in total. The van der Waals surface area contributed by atoms with Crippen molar-refractivity contribution in [1.82, 2.24) is 9.99 Å². The quantitative estimate of drug-likeness (QED) is 0.234. The van der Waals surface area contributed by atoms with E-state index in [0.717, 1.165) is 55.8 Å². The van der Waals surface area contributed by atoms with Crippen LogP contribution in [0.3, 0.4) is 0 Å². The van der Waals surface area contributed by atoms with E-state index in [-0.39, 0.29) is 22.9 Å². The zero-order valence-electron chi connectivity index (χ0n) is 23.2. The van der Waals surface area contributed by atoms with Gasteiger partial charge in [0, 0.05) is 31.8 Å². The number of nitrogens with zero attached hydrogens (tertiary/aromatic N) is 2. The summed E-state index contributed by atoms with van der Waals surface area (Å²) in [5.41, 5.74) is 4.33. The van der Waals surface area contributed by atoms with Crippen LogP contribution in [0, 0.1) is 23.2 Å². The molecule has 1 atom stereocenters. The molecule has 3 aromatic carbocycles. The second kappa shape index (κ2) is 10.0. The molecule has 0 radical (unpaired) electrons. The van der Waals surface area contributed by atoms with Gasteiger partial charge in [0.15, 0.2) is 0 Å². The third-order valence-electron chi connectivity index (χ3n) is 10.2. The molecule has 1 aliphatic heterocycles. The first kappa shape index (κ1) is 26.6. The number of aromatic nitrogens is 1. The molecule has 4 fully saturated rings. The molecule has 0 saturated heterocycles. The summed E-state index contributed by atoms with van der Waals surface area (Å²) >= 11 is 7.21. The summed E-state index contributed by atoms with van der Waals surface area (Å²) in [4.78, 5) is 31.8. The van der Waals surface area contributed by atoms with E-state index in [1.807, 2.05) is 54.6 Å². The Balaban J connectivity index is 1.30. The number of aromatic amines is 1. The predicted molar refractivity (Wildman–Crippen MR) is 173 cm³/mol. The van der Waals surface area contributed by atoms with Crippen LogP contribution < -0.4 is 5.56 Å². The molecular weight excluding hydrogens is 654 g/mol. The van der Waals surface area contributed by atoms with Gasteiger partial charge in [-0.3, -0.25) is 9.59 Å². The van der Waals surface area contributed by atoms with Crippen LogP contribution in [0.2, 0.25) is 0 Å². The van der Waals surface area contributed by atoms with E-state index in [4.69, 9.17) is 5.10 Å². The van der Waals surface area contributed by atoms with E-state index in [0.29, 0.717) is 35.4 Å². The minimum atomic E-state index is -0.329. The van der Waals surface area contributed by atoms with Crippen molar-refractivity contribution in [2.45, 2.75) is 51.0 Å². The Morgan fingerprint density at radius 2 is 1.48 bits per heavy atom. The van der Waals surface area contributed by atoms with Crippen molar-refractivity contribution in [3.8, 4) is 11.1 Å². The average Bonchev–Trinajstić information content (AvgIpc) is 3.41. The number of pyridine rings is 1. The lowest BCUT2D eigenvalue weighted by Crippen LogP contribution is -2.53. The van der Waals surface area contributed by atoms with Gasteiger partial charge >= 0.3 is 0 Å². The summed E-state index contributed by atoms with van der Waals surface area (Å²) in [5, 5.41) is 7.86. The monoisotopic (exact) mass is 683 g/mol. The van der Waals surface area contributed by atoms with Crippen LogP contribution in [-0.4, -0.2) is 21.6 Å². The number of amides is 1. The first-order chi connectivity index (χ1) is 20.4. The van der Waals surface area contributed by atoms with Crippen LogP contribution >= 0.6 is 31.9 Å². The van der Waals surface area contributed by atoms with Crippen LogP contribution in [0.4, 0.5) is 0 Å². The van der Waals surface area contributed by atoms with Gasteiger partial charge in [0.2, 0.25) is 5.91 Å². The van der Waals surface area contributed by atoms with E-state index in [9.17, 15) is 9.59 Å². The van der Waals surface area contributed by atoms with Gasteiger partial charge in [0.05, 0.1) is 22.7 Å². The van der Waals surface area contributed by atoms with E-state index in [2.05, 4.69) is 55.0 Å². The SMILES string of the molecule is O=C(N1N=C(c2c(-c3ccccc3)c3cc(Br)ccc3[nH]c2=O)C[C@@H]1c1ccc(Br)cc1)C12CC3CC(CC(C3)C1)C2. The number of nitrogens with one attached hydrogen (secondary N) is 1. The van der Waals surface area contributed by atoms with Gasteiger partial charge in [-0.2, -0.15) is 5.10 Å². The molecule has 4 saturated carbocycles. The van der Waals surface area contributed by atoms with Crippen molar-refractivity contribution < 1.29 is 4.79 Å². The summed E-state index contributed by atoms with van der Waals surface area (Å²) in [6, 6.07) is 23.9. The average molecular weight is 685 g/mol. The molecule has 1 aromatic heterocycles. The summed E-state index contributed by atoms with van der Waals surface area (Å²) < 4.78 is 1.93. The highest BCUT2D eigenvalue weighted by molar-refractivity contribution is 9.10. The molecule has 4 bridgehead atoms. The standard InChI is InChI=1S/C35H31Br2N3O2/c36-25-8-6-23(7-9-25)30-16-29(39-40(30)34(42)35-17-20-12-21(18-35)14-22(13-20)19-35)32-31(24-4-2-1-3-5-24)27-15-26(37)10-11-28(27)38-33(32)41/h1-11,15,20-22,30H,12-14,16-19H2,(H,38,41)/t20?,21?,22?,30-,35?/m1/s1. The highest BCUT2D eigenvalue weighted by Gasteiger charge is 2.57. The smallest absolute Gasteiger partial charge is 0.258 e. The van der Waals surface area contributed by atoms with Crippen molar-refractivity contribution in [2.75, 3.05) is 0 Å². The van der Waals surface area contributed by atoms with E-state index in [1.165, 1.54) is 19.3 Å². The number of benzene rings is 3. The minimum absolute atomic E-state index is 0.158. The largest absolute Gasteiger partial charge is 0.321 e. The first-order valence-electron chi connectivity index (χ1n) is 14.9. The van der Waals surface area contributed by atoms with Crippen LogP contribution in [0.1, 0.15) is 62.1 Å². The van der Waals surface area contributed by atoms with Crippen LogP contribution in [0.25, 0.3) is 22.0 Å². The fraction of sp³-hybridized carbons (Fsp3) is 0.343. The normalized spacial score (nSPS) is 28.0. The second-order valence-electron chi connectivity index (χ2n) is 12.9. The Labute approximate surface area is 261 Å². The van der Waals surface area contributed by atoms with Crippen molar-refractivity contribution in [2.24, 2.45) is 28.3 Å². The Morgan fingerprint density at radius 3 is 2.14 bits per heavy atom. The van der Waals surface area contributed by atoms with Crippen molar-refractivity contribution in [3.63, 3.8) is 0 Å². The molecule has 5 aliphatic rings. The van der Waals surface area contributed by atoms with Crippen molar-refractivity contribution in [1.29, 1.82) is 0 Å². The maximum Gasteiger partial charge on any atom is 0.258 e. The molecule has 1 N–H and O–H groups in total. The van der Waals surface area contributed by atoms with Crippen molar-refractivity contribution in [3.05, 3.63) is 103 Å². The lowest BCUT2D eigenvalue weighted by molar-refractivity contribution is -0.159. The molecule has 4 aliphatic carbocycles. The Bertz CT molecular complexity index is 1780. The van der Waals surface area contributed by atoms with Gasteiger partial charge in [0.25, 0.3) is 5.56 Å². The second-order valence-corrected chi connectivity index (χ2v) is 14.8. The van der Waals surface area contributed by atoms with Crippen LogP contribution in [0.5, 0.6) is 0 Å². The zero-order chi connectivity index (χ0) is 28.6. The Hall–Kier alpha value is -3.03. The highest BCUT2D eigenvalue weighted by Crippen LogP contribution is 2.61. The predicted octanol–water partition coefficient (Wildman–Crippen LogP) is 8.61. The number of halogens is 2. The van der Waals surface area contributed by atoms with Gasteiger partial charge in [-0.25, -0.2) is 5.01 Å². The lowest BCUT2D eigenvalue weighted by Gasteiger charge is -2.56. The highest BCUT2D eigenvalue weighted by atomic mass is 79.9. The molecule has 4 aromatic rings. The fourth-order valence-electron chi connectivity index (χ4n) is 8.85. The third-order valence-corrected chi connectivity index (χ3v) is 11.2. The molecule has 42 heavy (non-hydrogen) atoms. The number of rotatable bonds is 4. The van der Waals surface area contributed by atoms with E-state index >= 15 is 0 Å². The van der Waals surface area contributed by atoms with Gasteiger partial charge in [-0.15, -0.1) is 0 Å². The zero-order valence-corrected chi connectivity index (χ0v) is 26.3. The van der Waals surface area contributed by atoms with Crippen LogP contribution in [0.15, 0.2) is 91.6 Å². The molecular formula is C35H31Br2N3O2. The summed E-state index contributed by atoms with van der Waals surface area (Å²) in [5.74, 6) is 2.13. The number of hydrazone groups is 1. The number of carbonyl (C=O) groups excluding carboxylic acids is 1. The van der Waals surface area contributed by atoms with Crippen LogP contribution in [-0.2, 0) is 4.79 Å². The molecule has 7 heteroatoms. The van der Waals surface area contributed by atoms with E-state index in [1.54, 1.807) is 5.01 Å². The number of carbonyl (C=O) groups is 1. The Morgan fingerprint density at radius 1 is 0.833 bits per heavy atom. The van der Waals surface area contributed by atoms with Gasteiger partial charge in [-0.05, 0) is 97.7 Å². The fourth-order valence-corrected chi connectivity index (χ4v) is 9.48. The topological polar surface area (TPSA) is 65.5 Å². The number of fused-ring (bicyclic) bond motifs is 1. The minimum Gasteiger partial charge on any atom is -0.321 e.